The van der Waals surface area contributed by atoms with Gasteiger partial charge in [0.25, 0.3) is 0 Å². The fourth-order valence-electron chi connectivity index (χ4n) is 2.58. The van der Waals surface area contributed by atoms with Gasteiger partial charge in [0.1, 0.15) is 5.82 Å². The molecular weight excluding hydrogens is 268 g/mol. The van der Waals surface area contributed by atoms with Crippen molar-refractivity contribution in [3.63, 3.8) is 0 Å². The maximum atomic E-state index is 5.86. The molecule has 7 heteroatoms. The molecule has 3 heterocycles. The highest BCUT2D eigenvalue weighted by molar-refractivity contribution is 5.48. The molecule has 1 aliphatic rings. The van der Waals surface area contributed by atoms with E-state index in [-0.39, 0.29) is 18.2 Å². The van der Waals surface area contributed by atoms with Gasteiger partial charge < -0.3 is 15.4 Å². The third-order valence-electron chi connectivity index (χ3n) is 3.53. The second-order valence-electron chi connectivity index (χ2n) is 5.39. The molecule has 112 valence electrons. The van der Waals surface area contributed by atoms with Crippen LogP contribution in [0, 0.1) is 0 Å². The first-order valence-corrected chi connectivity index (χ1v) is 7.17. The lowest BCUT2D eigenvalue weighted by atomic mass is 10.3. The number of hydrogen-bond donors (Lipinski definition) is 1. The second-order valence-corrected chi connectivity index (χ2v) is 5.39. The average Bonchev–Trinajstić information content (AvgIpc) is 2.91. The Morgan fingerprint density at radius 2 is 2.05 bits per heavy atom. The summed E-state index contributed by atoms with van der Waals surface area (Å²) in [5, 5.41) is 4.19. The predicted octanol–water partition coefficient (Wildman–Crippen LogP) is 1.25. The molecule has 0 saturated carbocycles. The minimum atomic E-state index is 0.159. The summed E-state index contributed by atoms with van der Waals surface area (Å²) in [5.74, 6) is 1.75. The van der Waals surface area contributed by atoms with Crippen LogP contribution in [0.2, 0.25) is 0 Å². The number of hydrogen-bond acceptors (Lipinski definition) is 6. The number of nitrogens with zero attached hydrogens (tertiary/aromatic N) is 5. The number of rotatable bonds is 2. The Morgan fingerprint density at radius 3 is 2.81 bits per heavy atom. The molecule has 3 rings (SSSR count). The Balaban J connectivity index is 1.91. The van der Waals surface area contributed by atoms with E-state index in [9.17, 15) is 0 Å². The molecule has 2 aromatic rings. The molecule has 21 heavy (non-hydrogen) atoms. The van der Waals surface area contributed by atoms with Gasteiger partial charge in [0.2, 0.25) is 5.95 Å². The number of nitrogen functional groups attached to an aromatic ring is 1. The van der Waals surface area contributed by atoms with Gasteiger partial charge in [0.15, 0.2) is 5.82 Å². The van der Waals surface area contributed by atoms with Crippen LogP contribution in [-0.2, 0) is 4.74 Å². The van der Waals surface area contributed by atoms with Crippen molar-refractivity contribution in [2.75, 3.05) is 23.7 Å². The van der Waals surface area contributed by atoms with Gasteiger partial charge in [0, 0.05) is 31.5 Å². The van der Waals surface area contributed by atoms with Crippen molar-refractivity contribution >= 4 is 11.8 Å². The minimum absolute atomic E-state index is 0.159. The lowest BCUT2D eigenvalue weighted by Crippen LogP contribution is -2.31. The first-order valence-electron chi connectivity index (χ1n) is 7.17. The highest BCUT2D eigenvalue weighted by atomic mass is 16.5. The number of nitrogens with two attached hydrogens (primary N) is 1. The van der Waals surface area contributed by atoms with Gasteiger partial charge in [-0.05, 0) is 26.3 Å². The summed E-state index contributed by atoms with van der Waals surface area (Å²) < 4.78 is 7.54. The molecule has 1 aliphatic heterocycles. The van der Waals surface area contributed by atoms with Gasteiger partial charge in [-0.3, -0.25) is 0 Å². The molecule has 7 nitrogen and oxygen atoms in total. The average molecular weight is 288 g/mol. The smallest absolute Gasteiger partial charge is 0.224 e. The summed E-state index contributed by atoms with van der Waals surface area (Å²) in [6.07, 6.45) is 4.93. The quantitative estimate of drug-likeness (QED) is 0.895. The first-order chi connectivity index (χ1) is 10.1. The second kappa shape index (κ2) is 5.69. The minimum Gasteiger partial charge on any atom is -0.374 e. The fourth-order valence-corrected chi connectivity index (χ4v) is 2.58. The van der Waals surface area contributed by atoms with E-state index in [1.165, 1.54) is 0 Å². The predicted molar refractivity (Wildman–Crippen MR) is 80.4 cm³/mol. The van der Waals surface area contributed by atoms with Crippen LogP contribution in [0.3, 0.4) is 0 Å². The summed E-state index contributed by atoms with van der Waals surface area (Å²) >= 11 is 0. The van der Waals surface area contributed by atoms with Crippen LogP contribution in [-0.4, -0.2) is 45.0 Å². The normalized spacial score (nSPS) is 23.0. The Morgan fingerprint density at radius 1 is 1.24 bits per heavy atom. The van der Waals surface area contributed by atoms with Gasteiger partial charge in [-0.25, -0.2) is 4.68 Å². The van der Waals surface area contributed by atoms with Crippen molar-refractivity contribution in [1.29, 1.82) is 0 Å². The van der Waals surface area contributed by atoms with Gasteiger partial charge in [-0.15, -0.1) is 0 Å². The van der Waals surface area contributed by atoms with Crippen LogP contribution in [0.25, 0.3) is 5.82 Å². The number of anilines is 2. The topological polar surface area (TPSA) is 82.1 Å². The molecule has 0 aliphatic carbocycles. The molecule has 0 amide bonds. The van der Waals surface area contributed by atoms with Crippen LogP contribution in [0.4, 0.5) is 11.8 Å². The third kappa shape index (κ3) is 3.13. The molecule has 0 bridgehead atoms. The van der Waals surface area contributed by atoms with Gasteiger partial charge >= 0.3 is 0 Å². The Kier molecular flexibility index (Phi) is 3.74. The van der Waals surface area contributed by atoms with E-state index >= 15 is 0 Å². The van der Waals surface area contributed by atoms with Gasteiger partial charge in [-0.2, -0.15) is 15.1 Å². The van der Waals surface area contributed by atoms with Crippen molar-refractivity contribution in [3.8, 4) is 5.82 Å². The highest BCUT2D eigenvalue weighted by Crippen LogP contribution is 2.20. The Bertz CT molecular complexity index is 600. The Hall–Kier alpha value is -2.15. The molecule has 2 aromatic heterocycles. The molecular formula is C14H20N6O. The summed E-state index contributed by atoms with van der Waals surface area (Å²) in [7, 11) is 0. The maximum absolute atomic E-state index is 5.86. The highest BCUT2D eigenvalue weighted by Gasteiger charge is 2.21. The van der Waals surface area contributed by atoms with Crippen molar-refractivity contribution in [3.05, 3.63) is 24.5 Å². The van der Waals surface area contributed by atoms with E-state index < -0.39 is 0 Å². The van der Waals surface area contributed by atoms with Crippen LogP contribution < -0.4 is 10.6 Å². The van der Waals surface area contributed by atoms with Crippen molar-refractivity contribution < 1.29 is 4.74 Å². The maximum Gasteiger partial charge on any atom is 0.224 e. The monoisotopic (exact) mass is 288 g/mol. The summed E-state index contributed by atoms with van der Waals surface area (Å²) in [6.45, 7) is 5.86. The van der Waals surface area contributed by atoms with Gasteiger partial charge in [0.05, 0.1) is 12.2 Å². The summed E-state index contributed by atoms with van der Waals surface area (Å²) in [6, 6.07) is 3.76. The Labute approximate surface area is 123 Å². The number of aromatic nitrogens is 4. The van der Waals surface area contributed by atoms with Crippen LogP contribution in [0.15, 0.2) is 24.5 Å². The first kappa shape index (κ1) is 13.8. The zero-order chi connectivity index (χ0) is 14.8. The SMILES string of the molecule is C[C@@H]1CCN(c2cc(-n3cccn3)nc(N)n2)C[C@H](C)O1. The fraction of sp³-hybridized carbons (Fsp3) is 0.500. The van der Waals surface area contributed by atoms with E-state index in [2.05, 4.69) is 33.8 Å². The zero-order valence-corrected chi connectivity index (χ0v) is 12.3. The third-order valence-corrected chi connectivity index (χ3v) is 3.53. The molecule has 1 saturated heterocycles. The molecule has 0 unspecified atom stereocenters. The molecule has 0 spiro atoms. The lowest BCUT2D eigenvalue weighted by Gasteiger charge is -2.23. The zero-order valence-electron chi connectivity index (χ0n) is 12.3. The van der Waals surface area contributed by atoms with Gasteiger partial charge in [-0.1, -0.05) is 0 Å². The summed E-state index contributed by atoms with van der Waals surface area (Å²) in [5.41, 5.74) is 5.85. The van der Waals surface area contributed by atoms with Crippen molar-refractivity contribution in [2.45, 2.75) is 32.5 Å². The molecule has 2 atom stereocenters. The molecule has 1 fully saturated rings. The molecule has 0 radical (unpaired) electrons. The van der Waals surface area contributed by atoms with Crippen molar-refractivity contribution in [1.82, 2.24) is 19.7 Å². The largest absolute Gasteiger partial charge is 0.374 e. The lowest BCUT2D eigenvalue weighted by molar-refractivity contribution is 0.0211. The van der Waals surface area contributed by atoms with Crippen LogP contribution in [0.1, 0.15) is 20.3 Å². The van der Waals surface area contributed by atoms with Crippen molar-refractivity contribution in [2.24, 2.45) is 0 Å². The van der Waals surface area contributed by atoms with E-state index in [4.69, 9.17) is 10.5 Å². The standard InChI is InChI=1S/C14H20N6O/c1-10-4-7-19(9-11(2)21-10)12-8-13(18-14(15)17-12)20-6-3-5-16-20/h3,5-6,8,10-11H,4,7,9H2,1-2H3,(H2,15,17,18)/t10-,11+/m1/s1. The van der Waals surface area contributed by atoms with E-state index in [0.717, 1.165) is 25.3 Å². The molecule has 2 N–H and O–H groups in total. The van der Waals surface area contributed by atoms with E-state index in [1.807, 2.05) is 18.3 Å². The molecule has 0 aromatic carbocycles. The van der Waals surface area contributed by atoms with Crippen LogP contribution in [0.5, 0.6) is 0 Å². The van der Waals surface area contributed by atoms with E-state index in [1.54, 1.807) is 10.9 Å². The van der Waals surface area contributed by atoms with Crippen LogP contribution >= 0.6 is 0 Å². The van der Waals surface area contributed by atoms with E-state index in [0.29, 0.717) is 5.82 Å². The number of ether oxygens (including phenoxy) is 1. The summed E-state index contributed by atoms with van der Waals surface area (Å²) in [4.78, 5) is 10.8.